The molecular formula is C12H18N2. The standard InChI is InChI=1S/C12H18N2/c1-12(2,3)10-5-6-11(13-9-10)14-7-4-8-14/h5-6,9H,4,7-8H2,1-3H3. The van der Waals surface area contributed by atoms with Gasteiger partial charge < -0.3 is 4.90 Å². The molecule has 76 valence electrons. The molecule has 2 heterocycles. The van der Waals surface area contributed by atoms with Crippen molar-refractivity contribution in [1.82, 2.24) is 4.98 Å². The Bertz CT molecular complexity index is 304. The summed E-state index contributed by atoms with van der Waals surface area (Å²) in [6.07, 6.45) is 3.32. The first-order valence-electron chi connectivity index (χ1n) is 5.29. The molecule has 2 nitrogen and oxygen atoms in total. The first kappa shape index (κ1) is 9.50. The first-order chi connectivity index (χ1) is 6.57. The van der Waals surface area contributed by atoms with Crippen molar-refractivity contribution in [3.8, 4) is 0 Å². The van der Waals surface area contributed by atoms with Crippen LogP contribution in [0.4, 0.5) is 5.82 Å². The van der Waals surface area contributed by atoms with E-state index < -0.39 is 0 Å². The van der Waals surface area contributed by atoms with Gasteiger partial charge in [0.2, 0.25) is 0 Å². The van der Waals surface area contributed by atoms with Crippen LogP contribution in [0, 0.1) is 0 Å². The summed E-state index contributed by atoms with van der Waals surface area (Å²) < 4.78 is 0. The summed E-state index contributed by atoms with van der Waals surface area (Å²) in [6, 6.07) is 4.33. The van der Waals surface area contributed by atoms with Crippen molar-refractivity contribution in [1.29, 1.82) is 0 Å². The molecule has 0 N–H and O–H groups in total. The second-order valence-electron chi connectivity index (χ2n) is 5.00. The van der Waals surface area contributed by atoms with E-state index in [4.69, 9.17) is 0 Å². The second kappa shape index (κ2) is 3.26. The molecule has 1 aromatic heterocycles. The summed E-state index contributed by atoms with van der Waals surface area (Å²) >= 11 is 0. The highest BCUT2D eigenvalue weighted by Gasteiger charge is 2.17. The largest absolute Gasteiger partial charge is 0.356 e. The Hall–Kier alpha value is -1.05. The van der Waals surface area contributed by atoms with Crippen LogP contribution < -0.4 is 4.90 Å². The van der Waals surface area contributed by atoms with Crippen LogP contribution in [0.5, 0.6) is 0 Å². The van der Waals surface area contributed by atoms with Crippen LogP contribution >= 0.6 is 0 Å². The predicted molar refractivity (Wildman–Crippen MR) is 59.8 cm³/mol. The molecule has 0 aliphatic carbocycles. The van der Waals surface area contributed by atoms with Crippen LogP contribution in [0.1, 0.15) is 32.8 Å². The fraction of sp³-hybridized carbons (Fsp3) is 0.583. The molecule has 0 amide bonds. The SMILES string of the molecule is CC(C)(C)c1ccc(N2CCC2)nc1. The molecule has 2 heteroatoms. The van der Waals surface area contributed by atoms with Gasteiger partial charge in [-0.25, -0.2) is 4.98 Å². The lowest BCUT2D eigenvalue weighted by atomic mass is 9.88. The number of nitrogens with zero attached hydrogens (tertiary/aromatic N) is 2. The Labute approximate surface area is 86.0 Å². The molecule has 14 heavy (non-hydrogen) atoms. The molecule has 2 rings (SSSR count). The lowest BCUT2D eigenvalue weighted by Crippen LogP contribution is -2.37. The molecule has 0 radical (unpaired) electrons. The highest BCUT2D eigenvalue weighted by Crippen LogP contribution is 2.24. The highest BCUT2D eigenvalue weighted by molar-refractivity contribution is 5.42. The Morgan fingerprint density at radius 3 is 2.29 bits per heavy atom. The van der Waals surface area contributed by atoms with E-state index in [2.05, 4.69) is 42.8 Å². The summed E-state index contributed by atoms with van der Waals surface area (Å²) in [7, 11) is 0. The van der Waals surface area contributed by atoms with Gasteiger partial charge in [0.1, 0.15) is 5.82 Å². The summed E-state index contributed by atoms with van der Waals surface area (Å²) in [5.74, 6) is 1.13. The molecule has 0 unspecified atom stereocenters. The zero-order valence-electron chi connectivity index (χ0n) is 9.25. The summed E-state index contributed by atoms with van der Waals surface area (Å²) in [5.41, 5.74) is 1.52. The summed E-state index contributed by atoms with van der Waals surface area (Å²) in [5, 5.41) is 0. The topological polar surface area (TPSA) is 16.1 Å². The van der Waals surface area contributed by atoms with Crippen LogP contribution in [-0.2, 0) is 5.41 Å². The van der Waals surface area contributed by atoms with Crippen molar-refractivity contribution in [3.05, 3.63) is 23.9 Å². The maximum absolute atomic E-state index is 4.49. The van der Waals surface area contributed by atoms with Crippen LogP contribution in [0.2, 0.25) is 0 Å². The average Bonchev–Trinajstić information content (AvgIpc) is 2.00. The molecule has 1 saturated heterocycles. The lowest BCUT2D eigenvalue weighted by molar-refractivity contribution is 0.582. The minimum atomic E-state index is 0.209. The Morgan fingerprint density at radius 2 is 1.93 bits per heavy atom. The molecular weight excluding hydrogens is 172 g/mol. The zero-order chi connectivity index (χ0) is 10.2. The minimum Gasteiger partial charge on any atom is -0.356 e. The Balaban J connectivity index is 2.17. The number of anilines is 1. The van der Waals surface area contributed by atoms with Gasteiger partial charge in [-0.15, -0.1) is 0 Å². The van der Waals surface area contributed by atoms with Crippen molar-refractivity contribution in [2.45, 2.75) is 32.6 Å². The van der Waals surface area contributed by atoms with Crippen LogP contribution in [0.25, 0.3) is 0 Å². The van der Waals surface area contributed by atoms with E-state index in [0.717, 1.165) is 5.82 Å². The molecule has 1 aliphatic rings. The van der Waals surface area contributed by atoms with Gasteiger partial charge in [-0.2, -0.15) is 0 Å². The van der Waals surface area contributed by atoms with E-state index in [1.54, 1.807) is 0 Å². The lowest BCUT2D eigenvalue weighted by Gasteiger charge is -2.32. The van der Waals surface area contributed by atoms with Crippen LogP contribution in [0.15, 0.2) is 18.3 Å². The summed E-state index contributed by atoms with van der Waals surface area (Å²) in [4.78, 5) is 6.81. The predicted octanol–water partition coefficient (Wildman–Crippen LogP) is 2.59. The smallest absolute Gasteiger partial charge is 0.128 e. The maximum atomic E-state index is 4.49. The Morgan fingerprint density at radius 1 is 1.21 bits per heavy atom. The summed E-state index contributed by atoms with van der Waals surface area (Å²) in [6.45, 7) is 8.98. The fourth-order valence-corrected chi connectivity index (χ4v) is 1.56. The van der Waals surface area contributed by atoms with Crippen molar-refractivity contribution in [2.75, 3.05) is 18.0 Å². The van der Waals surface area contributed by atoms with E-state index in [9.17, 15) is 0 Å². The molecule has 0 spiro atoms. The van der Waals surface area contributed by atoms with Gasteiger partial charge in [0.15, 0.2) is 0 Å². The normalized spacial score (nSPS) is 16.6. The molecule has 1 aromatic rings. The first-order valence-corrected chi connectivity index (χ1v) is 5.29. The average molecular weight is 190 g/mol. The third-order valence-corrected chi connectivity index (χ3v) is 2.79. The Kier molecular flexibility index (Phi) is 2.22. The number of aromatic nitrogens is 1. The monoisotopic (exact) mass is 190 g/mol. The van der Waals surface area contributed by atoms with Crippen molar-refractivity contribution < 1.29 is 0 Å². The quantitative estimate of drug-likeness (QED) is 0.676. The molecule has 0 aromatic carbocycles. The number of pyridine rings is 1. The van der Waals surface area contributed by atoms with Gasteiger partial charge in [-0.05, 0) is 23.5 Å². The maximum Gasteiger partial charge on any atom is 0.128 e. The van der Waals surface area contributed by atoms with Crippen molar-refractivity contribution in [3.63, 3.8) is 0 Å². The molecule has 0 saturated carbocycles. The van der Waals surface area contributed by atoms with Gasteiger partial charge in [0, 0.05) is 19.3 Å². The van der Waals surface area contributed by atoms with Gasteiger partial charge in [-0.1, -0.05) is 26.8 Å². The molecule has 1 aliphatic heterocycles. The van der Waals surface area contributed by atoms with Crippen LogP contribution in [-0.4, -0.2) is 18.1 Å². The van der Waals surface area contributed by atoms with Gasteiger partial charge >= 0.3 is 0 Å². The number of hydrogen-bond donors (Lipinski definition) is 0. The van der Waals surface area contributed by atoms with Crippen molar-refractivity contribution >= 4 is 5.82 Å². The van der Waals surface area contributed by atoms with Crippen molar-refractivity contribution in [2.24, 2.45) is 0 Å². The molecule has 0 atom stereocenters. The van der Waals surface area contributed by atoms with Crippen LogP contribution in [0.3, 0.4) is 0 Å². The fourth-order valence-electron chi connectivity index (χ4n) is 1.56. The van der Waals surface area contributed by atoms with E-state index >= 15 is 0 Å². The number of hydrogen-bond acceptors (Lipinski definition) is 2. The number of rotatable bonds is 1. The van der Waals surface area contributed by atoms with E-state index in [1.807, 2.05) is 6.20 Å². The van der Waals surface area contributed by atoms with E-state index in [-0.39, 0.29) is 5.41 Å². The molecule has 1 fully saturated rings. The second-order valence-corrected chi connectivity index (χ2v) is 5.00. The molecule has 0 bridgehead atoms. The zero-order valence-corrected chi connectivity index (χ0v) is 9.25. The third kappa shape index (κ3) is 1.74. The highest BCUT2D eigenvalue weighted by atomic mass is 15.2. The van der Waals surface area contributed by atoms with Gasteiger partial charge in [-0.3, -0.25) is 0 Å². The van der Waals surface area contributed by atoms with Gasteiger partial charge in [0.25, 0.3) is 0 Å². The third-order valence-electron chi connectivity index (χ3n) is 2.79. The van der Waals surface area contributed by atoms with E-state index in [0.29, 0.717) is 0 Å². The van der Waals surface area contributed by atoms with Gasteiger partial charge in [0.05, 0.1) is 0 Å². The van der Waals surface area contributed by atoms with E-state index in [1.165, 1.54) is 25.1 Å². The minimum absolute atomic E-state index is 0.209.